The summed E-state index contributed by atoms with van der Waals surface area (Å²) in [6.07, 6.45) is 1.06. The molecule has 128 valence electrons. The zero-order valence-corrected chi connectivity index (χ0v) is 14.0. The van der Waals surface area contributed by atoms with Crippen molar-refractivity contribution in [3.63, 3.8) is 0 Å². The first-order chi connectivity index (χ1) is 11.9. The van der Waals surface area contributed by atoms with Crippen LogP contribution in [0.4, 0.5) is 0 Å². The molecule has 0 saturated carbocycles. The summed E-state index contributed by atoms with van der Waals surface area (Å²) in [7, 11) is -3.78. The molecule has 0 aliphatic rings. The van der Waals surface area contributed by atoms with Gasteiger partial charge in [-0.15, -0.1) is 10.2 Å². The normalized spacial score (nSPS) is 11.4. The molecule has 2 aromatic heterocycles. The van der Waals surface area contributed by atoms with E-state index in [-0.39, 0.29) is 22.2 Å². The average Bonchev–Trinajstić information content (AvgIpc) is 3.26. The molecule has 25 heavy (non-hydrogen) atoms. The van der Waals surface area contributed by atoms with Crippen LogP contribution in [0.1, 0.15) is 16.2 Å². The number of carbonyl (C=O) groups excluding carboxylic acids is 2. The fourth-order valence-corrected chi connectivity index (χ4v) is 3.46. The molecule has 0 bridgehead atoms. The molecule has 0 aliphatic carbocycles. The number of nitrogens with zero attached hydrogens (tertiary/aromatic N) is 3. The molecule has 0 atom stereocenters. The first-order valence-electron chi connectivity index (χ1n) is 6.87. The Morgan fingerprint density at radius 2 is 1.88 bits per heavy atom. The van der Waals surface area contributed by atoms with Crippen LogP contribution in [0.3, 0.4) is 0 Å². The minimum Gasteiger partial charge on any atom is -0.352 e. The van der Waals surface area contributed by atoms with E-state index in [4.69, 9.17) is 11.6 Å². The molecule has 0 fully saturated rings. The SMILES string of the molecule is O=C(Cc1c[nH]c(S(=O)(=O)c2ccc(Cl)cc2)c1)C(=O)c1nn[nH]n1. The number of nitrogens with one attached hydrogen (secondary N) is 2. The molecule has 3 aromatic rings. The lowest BCUT2D eigenvalue weighted by Gasteiger charge is -2.01. The van der Waals surface area contributed by atoms with E-state index in [1.165, 1.54) is 36.5 Å². The van der Waals surface area contributed by atoms with Crippen molar-refractivity contribution >= 4 is 33.0 Å². The predicted octanol–water partition coefficient (Wildman–Crippen LogP) is 1.01. The number of carbonyl (C=O) groups is 2. The number of hydrogen-bond acceptors (Lipinski definition) is 7. The molecule has 2 N–H and O–H groups in total. The number of benzene rings is 1. The number of sulfone groups is 1. The van der Waals surface area contributed by atoms with Crippen molar-refractivity contribution in [2.24, 2.45) is 0 Å². The van der Waals surface area contributed by atoms with Gasteiger partial charge in [0.15, 0.2) is 0 Å². The van der Waals surface area contributed by atoms with E-state index in [2.05, 4.69) is 25.6 Å². The van der Waals surface area contributed by atoms with E-state index in [0.29, 0.717) is 10.6 Å². The monoisotopic (exact) mass is 379 g/mol. The standard InChI is InChI=1S/C14H10ClN5O4S/c15-9-1-3-10(4-2-9)25(23,24)12-6-8(7-16-12)5-11(21)13(22)14-17-19-20-18-14/h1-4,6-7,16H,5H2,(H,17,18,19,20). The molecule has 0 spiro atoms. The van der Waals surface area contributed by atoms with E-state index in [0.717, 1.165) is 0 Å². The number of H-pyrrole nitrogens is 2. The van der Waals surface area contributed by atoms with E-state index < -0.39 is 21.4 Å². The van der Waals surface area contributed by atoms with Gasteiger partial charge in [-0.1, -0.05) is 11.6 Å². The molecule has 0 unspecified atom stereocenters. The Morgan fingerprint density at radius 1 is 1.16 bits per heavy atom. The van der Waals surface area contributed by atoms with Crippen LogP contribution in [-0.2, 0) is 21.1 Å². The highest BCUT2D eigenvalue weighted by atomic mass is 35.5. The molecule has 0 radical (unpaired) electrons. The summed E-state index contributed by atoms with van der Waals surface area (Å²) < 4.78 is 25.0. The van der Waals surface area contributed by atoms with E-state index in [1.54, 1.807) is 0 Å². The molecule has 3 rings (SSSR count). The lowest BCUT2D eigenvalue weighted by atomic mass is 10.1. The highest BCUT2D eigenvalue weighted by Gasteiger charge is 2.23. The van der Waals surface area contributed by atoms with Crippen LogP contribution in [0.25, 0.3) is 0 Å². The minimum absolute atomic E-state index is 0.0551. The molecule has 1 aromatic carbocycles. The third kappa shape index (κ3) is 3.49. The van der Waals surface area contributed by atoms with Crippen LogP contribution < -0.4 is 0 Å². The van der Waals surface area contributed by atoms with Gasteiger partial charge in [-0.25, -0.2) is 8.42 Å². The average molecular weight is 380 g/mol. The number of aromatic amines is 2. The van der Waals surface area contributed by atoms with E-state index in [9.17, 15) is 18.0 Å². The fourth-order valence-electron chi connectivity index (χ4n) is 2.06. The van der Waals surface area contributed by atoms with Gasteiger partial charge in [0.1, 0.15) is 5.03 Å². The van der Waals surface area contributed by atoms with Crippen molar-refractivity contribution in [2.75, 3.05) is 0 Å². The van der Waals surface area contributed by atoms with Gasteiger partial charge in [0.2, 0.25) is 21.4 Å². The van der Waals surface area contributed by atoms with Crippen LogP contribution in [0.2, 0.25) is 5.02 Å². The number of aromatic nitrogens is 5. The number of Topliss-reactive ketones (excluding diaryl/α,β-unsaturated/α-hetero) is 2. The Labute approximate surface area is 146 Å². The first kappa shape index (κ1) is 17.0. The van der Waals surface area contributed by atoms with Crippen molar-refractivity contribution in [1.29, 1.82) is 0 Å². The zero-order chi connectivity index (χ0) is 18.0. The number of halogens is 1. The van der Waals surface area contributed by atoms with Gasteiger partial charge in [-0.3, -0.25) is 9.59 Å². The van der Waals surface area contributed by atoms with Crippen LogP contribution in [0, 0.1) is 0 Å². The maximum Gasteiger partial charge on any atom is 0.269 e. The Kier molecular flexibility index (Phi) is 4.47. The Balaban J connectivity index is 1.79. The van der Waals surface area contributed by atoms with Gasteiger partial charge < -0.3 is 4.98 Å². The summed E-state index contributed by atoms with van der Waals surface area (Å²) in [4.78, 5) is 26.4. The van der Waals surface area contributed by atoms with Crippen molar-refractivity contribution in [3.8, 4) is 0 Å². The Hall–Kier alpha value is -2.85. The second kappa shape index (κ2) is 6.57. The van der Waals surface area contributed by atoms with Crippen molar-refractivity contribution in [2.45, 2.75) is 16.3 Å². The van der Waals surface area contributed by atoms with Crippen molar-refractivity contribution in [3.05, 3.63) is 52.9 Å². The maximum atomic E-state index is 12.5. The molecule has 0 saturated heterocycles. The first-order valence-corrected chi connectivity index (χ1v) is 8.73. The van der Waals surface area contributed by atoms with E-state index in [1.807, 2.05) is 0 Å². The molecule has 9 nitrogen and oxygen atoms in total. The predicted molar refractivity (Wildman–Crippen MR) is 84.9 cm³/mol. The third-order valence-electron chi connectivity index (χ3n) is 3.30. The number of tetrazole rings is 1. The number of hydrogen-bond donors (Lipinski definition) is 2. The number of ketones is 2. The van der Waals surface area contributed by atoms with Crippen LogP contribution in [0.5, 0.6) is 0 Å². The van der Waals surface area contributed by atoms with Gasteiger partial charge in [-0.05, 0) is 41.1 Å². The quantitative estimate of drug-likeness (QED) is 0.481. The molecule has 2 heterocycles. The summed E-state index contributed by atoms with van der Waals surface area (Å²) in [6.45, 7) is 0. The number of rotatable bonds is 6. The highest BCUT2D eigenvalue weighted by molar-refractivity contribution is 7.91. The molecule has 0 amide bonds. The second-order valence-electron chi connectivity index (χ2n) is 4.99. The molecular weight excluding hydrogens is 370 g/mol. The van der Waals surface area contributed by atoms with Gasteiger partial charge >= 0.3 is 0 Å². The highest BCUT2D eigenvalue weighted by Crippen LogP contribution is 2.22. The van der Waals surface area contributed by atoms with Gasteiger partial charge in [0.05, 0.1) is 4.90 Å². The van der Waals surface area contributed by atoms with Gasteiger partial charge in [-0.2, -0.15) is 5.21 Å². The largest absolute Gasteiger partial charge is 0.352 e. The molecule has 11 heteroatoms. The summed E-state index contributed by atoms with van der Waals surface area (Å²) in [6, 6.07) is 6.98. The summed E-state index contributed by atoms with van der Waals surface area (Å²) in [5.74, 6) is -2.03. The van der Waals surface area contributed by atoms with Crippen LogP contribution in [0.15, 0.2) is 46.5 Å². The Morgan fingerprint density at radius 3 is 2.52 bits per heavy atom. The third-order valence-corrected chi connectivity index (χ3v) is 5.26. The summed E-state index contributed by atoms with van der Waals surface area (Å²) >= 11 is 5.75. The van der Waals surface area contributed by atoms with Crippen molar-refractivity contribution in [1.82, 2.24) is 25.6 Å². The zero-order valence-electron chi connectivity index (χ0n) is 12.4. The van der Waals surface area contributed by atoms with E-state index >= 15 is 0 Å². The smallest absolute Gasteiger partial charge is 0.269 e. The second-order valence-corrected chi connectivity index (χ2v) is 7.35. The summed E-state index contributed by atoms with van der Waals surface area (Å²) in [5.41, 5.74) is 0.342. The van der Waals surface area contributed by atoms with Gasteiger partial charge in [0.25, 0.3) is 5.78 Å². The van der Waals surface area contributed by atoms with Crippen molar-refractivity contribution < 1.29 is 18.0 Å². The van der Waals surface area contributed by atoms with Crippen LogP contribution in [-0.4, -0.2) is 45.6 Å². The lowest BCUT2D eigenvalue weighted by molar-refractivity contribution is -0.114. The van der Waals surface area contributed by atoms with Crippen LogP contribution >= 0.6 is 11.6 Å². The maximum absolute atomic E-state index is 12.5. The fraction of sp³-hybridized carbons (Fsp3) is 0.0714. The minimum atomic E-state index is -3.78. The van der Waals surface area contributed by atoms with Gasteiger partial charge in [0, 0.05) is 17.6 Å². The molecule has 0 aliphatic heterocycles. The Bertz CT molecular complexity index is 1030. The lowest BCUT2D eigenvalue weighted by Crippen LogP contribution is -2.18. The molecular formula is C14H10ClN5O4S. The summed E-state index contributed by atoms with van der Waals surface area (Å²) in [5, 5.41) is 12.5. The topological polar surface area (TPSA) is 139 Å².